The zero-order chi connectivity index (χ0) is 72.3. The van der Waals surface area contributed by atoms with Gasteiger partial charge in [-0.3, -0.25) is 9.59 Å². The summed E-state index contributed by atoms with van der Waals surface area (Å²) in [7, 11) is 1.05. The molecule has 0 aromatic heterocycles. The van der Waals surface area contributed by atoms with Crippen molar-refractivity contribution in [2.45, 2.75) is 305 Å². The van der Waals surface area contributed by atoms with Gasteiger partial charge in [-0.15, -0.1) is 0 Å². The minimum atomic E-state index is -2.02. The standard InChI is InChI=1S/C67H104O32/c1-26-48(94-55-44(80)37(73)31(72)24-87-55)43(79)47(83)56(88-26)98-53-52(97-57-45(81)39(75)33(23-69)92-57)49(90-28(3)71)27(2)89-60(53)99-61(85)67-19-17-62(4,5)21-30(67)29-11-12-35-63(6)15-14-36(64(7,25-70)34(63)13-16-66(35,9)65(29,8)18-20-67)93-59-51(42(78)41(77)50(95-59)54(84)86-10)96-58-46(82)40(76)38(74)32(22-68)91-58/h11,25-27,30-53,55-60,68-69,72-83H,12-24H2,1-10H3/t26-,27+,30+,31+,32+,33+,34-,35+,36-,37-,38-,39+,40-,41-,42-,43-,44+,45+,46+,47+,48-,49-,50-,51+,52-,53+,55-,56-,57-,58-,59+,60-,63-,64-,65+,66+,67-/m0/s1. The molecule has 0 aromatic carbocycles. The molecule has 32 nitrogen and oxygen atoms in total. The van der Waals surface area contributed by atoms with Gasteiger partial charge in [0, 0.05) is 6.92 Å². The fourth-order valence-electron chi connectivity index (χ4n) is 19.2. The molecule has 0 unspecified atom stereocenters. The predicted molar refractivity (Wildman–Crippen MR) is 328 cm³/mol. The third-order valence-electron chi connectivity index (χ3n) is 25.2. The van der Waals surface area contributed by atoms with Gasteiger partial charge in [0.05, 0.1) is 56.1 Å². The highest BCUT2D eigenvalue weighted by atomic mass is 16.8. The Hall–Kier alpha value is -3.18. The normalized spacial score (nSPS) is 52.7. The maximum Gasteiger partial charge on any atom is 0.337 e. The van der Waals surface area contributed by atoms with Crippen LogP contribution in [0.1, 0.15) is 127 Å². The number of esters is 3. The molecule has 99 heavy (non-hydrogen) atoms. The molecule has 0 aromatic rings. The van der Waals surface area contributed by atoms with Gasteiger partial charge in [-0.2, -0.15) is 0 Å². The molecule has 6 saturated heterocycles. The number of rotatable bonds is 17. The van der Waals surface area contributed by atoms with Crippen LogP contribution in [0, 0.1) is 50.2 Å². The topological polar surface area (TPSA) is 481 Å². The average Bonchev–Trinajstić information content (AvgIpc) is 1.17. The summed E-state index contributed by atoms with van der Waals surface area (Å²) in [6.07, 6.45) is -40.7. The first-order chi connectivity index (χ1) is 46.5. The Morgan fingerprint density at radius 1 is 0.545 bits per heavy atom. The number of hydrogen-bond acceptors (Lipinski definition) is 32. The molecule has 11 aliphatic rings. The van der Waals surface area contributed by atoms with Gasteiger partial charge in [-0.05, 0) is 117 Å². The van der Waals surface area contributed by atoms with Crippen LogP contribution >= 0.6 is 0 Å². The van der Waals surface area contributed by atoms with E-state index < -0.39 is 249 Å². The minimum Gasteiger partial charge on any atom is -0.467 e. The molecule has 37 atom stereocenters. The van der Waals surface area contributed by atoms with Gasteiger partial charge in [0.15, 0.2) is 49.8 Å². The van der Waals surface area contributed by atoms with Gasteiger partial charge in [0.1, 0.15) is 110 Å². The molecule has 10 fully saturated rings. The van der Waals surface area contributed by atoms with E-state index in [-0.39, 0.29) is 23.7 Å². The van der Waals surface area contributed by atoms with Crippen LogP contribution in [0.5, 0.6) is 0 Å². The summed E-state index contributed by atoms with van der Waals surface area (Å²) in [5.74, 6) is -3.42. The summed E-state index contributed by atoms with van der Waals surface area (Å²) in [5.41, 5.74) is -3.29. The molecule has 4 saturated carbocycles. The molecule has 5 aliphatic carbocycles. The second-order valence-electron chi connectivity index (χ2n) is 31.4. The molecule has 6 aliphatic heterocycles. The summed E-state index contributed by atoms with van der Waals surface area (Å²) in [4.78, 5) is 56.2. The number of aliphatic hydroxyl groups excluding tert-OH is 14. The maximum absolute atomic E-state index is 16.1. The third-order valence-corrected chi connectivity index (χ3v) is 25.2. The molecular formula is C67H104O32. The lowest BCUT2D eigenvalue weighted by Gasteiger charge is -2.71. The summed E-state index contributed by atoms with van der Waals surface area (Å²) in [6, 6.07) is 0. The van der Waals surface area contributed by atoms with E-state index in [9.17, 15) is 85.9 Å². The van der Waals surface area contributed by atoms with Crippen molar-refractivity contribution in [2.24, 2.45) is 50.2 Å². The van der Waals surface area contributed by atoms with Crippen molar-refractivity contribution in [1.29, 1.82) is 0 Å². The third kappa shape index (κ3) is 13.3. The van der Waals surface area contributed by atoms with E-state index in [0.29, 0.717) is 57.8 Å². The highest BCUT2D eigenvalue weighted by Gasteiger charge is 2.71. The maximum atomic E-state index is 16.1. The fraction of sp³-hybridized carbons (Fsp3) is 0.910. The van der Waals surface area contributed by atoms with Crippen LogP contribution < -0.4 is 0 Å². The van der Waals surface area contributed by atoms with Crippen molar-refractivity contribution in [1.82, 2.24) is 0 Å². The van der Waals surface area contributed by atoms with Crippen LogP contribution in [-0.4, -0.2) is 301 Å². The smallest absolute Gasteiger partial charge is 0.337 e. The van der Waals surface area contributed by atoms with Crippen molar-refractivity contribution >= 4 is 24.2 Å². The number of aldehydes is 1. The minimum absolute atomic E-state index is 0.0644. The fourth-order valence-corrected chi connectivity index (χ4v) is 19.2. The van der Waals surface area contributed by atoms with Crippen LogP contribution in [-0.2, 0) is 85.5 Å². The highest BCUT2D eigenvalue weighted by Crippen LogP contribution is 2.76. The van der Waals surface area contributed by atoms with Crippen molar-refractivity contribution in [3.8, 4) is 0 Å². The number of ether oxygens (including phenoxy) is 14. The van der Waals surface area contributed by atoms with E-state index in [1.165, 1.54) is 13.8 Å². The number of carbonyl (C=O) groups excluding carboxylic acids is 4. The number of methoxy groups -OCH3 is 1. The first kappa shape index (κ1) is 76.9. The van der Waals surface area contributed by atoms with Crippen molar-refractivity contribution in [3.63, 3.8) is 0 Å². The molecular weight excluding hydrogens is 1320 g/mol. The molecule has 32 heteroatoms. The largest absolute Gasteiger partial charge is 0.467 e. The van der Waals surface area contributed by atoms with E-state index in [0.717, 1.165) is 25.9 Å². The predicted octanol–water partition coefficient (Wildman–Crippen LogP) is -3.12. The molecule has 14 N–H and O–H groups in total. The van der Waals surface area contributed by atoms with Gasteiger partial charge in [-0.1, -0.05) is 53.2 Å². The molecule has 0 spiro atoms. The Labute approximate surface area is 572 Å². The summed E-state index contributed by atoms with van der Waals surface area (Å²) >= 11 is 0. The zero-order valence-corrected chi connectivity index (χ0v) is 57.4. The molecule has 0 bridgehead atoms. The van der Waals surface area contributed by atoms with Gasteiger partial charge in [0.2, 0.25) is 6.29 Å². The summed E-state index contributed by atoms with van der Waals surface area (Å²) < 4.78 is 84.5. The van der Waals surface area contributed by atoms with Crippen molar-refractivity contribution in [3.05, 3.63) is 11.6 Å². The molecule has 0 amide bonds. The Morgan fingerprint density at radius 2 is 1.10 bits per heavy atom. The number of aliphatic hydroxyl groups is 14. The highest BCUT2D eigenvalue weighted by molar-refractivity contribution is 5.79. The Bertz CT molecular complexity index is 2900. The lowest BCUT2D eigenvalue weighted by atomic mass is 9.33. The summed E-state index contributed by atoms with van der Waals surface area (Å²) in [6.45, 7) is 14.9. The molecule has 6 heterocycles. The monoisotopic (exact) mass is 1420 g/mol. The van der Waals surface area contributed by atoms with Crippen molar-refractivity contribution < 1.29 is 157 Å². The molecule has 564 valence electrons. The second-order valence-corrected chi connectivity index (χ2v) is 31.4. The summed E-state index contributed by atoms with van der Waals surface area (Å²) in [5, 5.41) is 152. The zero-order valence-electron chi connectivity index (χ0n) is 57.4. The van der Waals surface area contributed by atoms with Gasteiger partial charge >= 0.3 is 17.9 Å². The second kappa shape index (κ2) is 28.9. The molecule has 11 rings (SSSR count). The van der Waals surface area contributed by atoms with E-state index in [4.69, 9.17) is 66.3 Å². The first-order valence-corrected chi connectivity index (χ1v) is 34.7. The van der Waals surface area contributed by atoms with E-state index in [1.807, 2.05) is 0 Å². The van der Waals surface area contributed by atoms with Crippen molar-refractivity contribution in [2.75, 3.05) is 26.9 Å². The van der Waals surface area contributed by atoms with E-state index in [2.05, 4.69) is 40.7 Å². The van der Waals surface area contributed by atoms with Crippen LogP contribution in [0.25, 0.3) is 0 Å². The Morgan fingerprint density at radius 3 is 1.74 bits per heavy atom. The van der Waals surface area contributed by atoms with Gasteiger partial charge < -0.3 is 143 Å². The number of allylic oxidation sites excluding steroid dienone is 2. The SMILES string of the molecule is COC(=O)[C@H]1O[C@@H](O[C@H]2CC[C@@]3(C)[C@H](CC[C@]4(C)[C@@H]3CC=C3[C@H]5CC(C)(C)CC[C@]5(C(=O)O[C@@H]5O[C@H](C)[C@H](OC(C)=O)[C@H](O[C@@H]6O[C@H](CO)[C@@H](O)[C@H]6O)[C@H]5O[C@@H]5O[C@@H](C)[C@H](O[C@@H]6OC[C@@H](O)[C@H](O)[C@H]6O)[C@@H](O)[C@H]5O)CC[C@]34C)[C@]2(C)C=O)[C@H](O[C@@H]2O[C@H](CO)[C@H](O)[C@H](O)[C@H]2O)[C@@H](O)[C@@H]1O. The van der Waals surface area contributed by atoms with Crippen LogP contribution in [0.15, 0.2) is 11.6 Å². The number of fused-ring (bicyclic) bond motifs is 7. The Kier molecular flexibility index (Phi) is 22.5. The molecule has 0 radical (unpaired) electrons. The quantitative estimate of drug-likeness (QED) is 0.0225. The van der Waals surface area contributed by atoms with Gasteiger partial charge in [0.25, 0.3) is 0 Å². The average molecular weight is 1420 g/mol. The first-order valence-electron chi connectivity index (χ1n) is 34.7. The van der Waals surface area contributed by atoms with Gasteiger partial charge in [-0.25, -0.2) is 4.79 Å². The van der Waals surface area contributed by atoms with E-state index >= 15 is 4.79 Å². The van der Waals surface area contributed by atoms with E-state index in [1.54, 1.807) is 6.92 Å². The van der Waals surface area contributed by atoms with Crippen LogP contribution in [0.2, 0.25) is 0 Å². The Balaban J connectivity index is 0.879. The lowest BCUT2D eigenvalue weighted by molar-refractivity contribution is -0.382. The van der Waals surface area contributed by atoms with Crippen LogP contribution in [0.4, 0.5) is 0 Å². The van der Waals surface area contributed by atoms with Crippen LogP contribution in [0.3, 0.4) is 0 Å². The lowest BCUT2D eigenvalue weighted by Crippen LogP contribution is -2.68. The number of hydrogen-bond donors (Lipinski definition) is 14. The number of carbonyl (C=O) groups is 4.